The molecule has 3 aromatic heterocycles. The molecular formula is C42H31N7O2S2. The zero-order valence-electron chi connectivity index (χ0n) is 28.6. The number of aryl methyl sites for hydroxylation is 2. The summed E-state index contributed by atoms with van der Waals surface area (Å²) in [6.45, 7) is 3.81. The minimum Gasteiger partial charge on any atom is -0.325 e. The summed E-state index contributed by atoms with van der Waals surface area (Å²) in [7, 11) is 0. The molecule has 0 radical (unpaired) electrons. The molecule has 9 nitrogen and oxygen atoms in total. The van der Waals surface area contributed by atoms with Crippen molar-refractivity contribution in [3.8, 4) is 21.7 Å². The van der Waals surface area contributed by atoms with Gasteiger partial charge in [-0.2, -0.15) is 0 Å². The van der Waals surface area contributed by atoms with Gasteiger partial charge in [-0.25, -0.2) is 20.0 Å². The lowest BCUT2D eigenvalue weighted by Gasteiger charge is -2.10. The number of carbonyl (C=O) groups is 2. The van der Waals surface area contributed by atoms with E-state index >= 15 is 0 Å². The van der Waals surface area contributed by atoms with Crippen molar-refractivity contribution in [2.75, 3.05) is 5.32 Å². The molecule has 0 unspecified atom stereocenters. The minimum atomic E-state index is -0.290. The second kappa shape index (κ2) is 14.6. The van der Waals surface area contributed by atoms with E-state index in [9.17, 15) is 9.59 Å². The number of thiazole rings is 2. The van der Waals surface area contributed by atoms with Gasteiger partial charge >= 0.3 is 0 Å². The van der Waals surface area contributed by atoms with Crippen molar-refractivity contribution in [2.24, 2.45) is 9.98 Å². The van der Waals surface area contributed by atoms with Crippen molar-refractivity contribution in [1.29, 1.82) is 0 Å². The number of carbonyl (C=O) groups excluding carboxylic acids is 2. The van der Waals surface area contributed by atoms with Crippen LogP contribution in [0.5, 0.6) is 0 Å². The first-order valence-corrected chi connectivity index (χ1v) is 18.5. The number of amidine groups is 2. The van der Waals surface area contributed by atoms with E-state index in [1.807, 2.05) is 122 Å². The summed E-state index contributed by atoms with van der Waals surface area (Å²) < 4.78 is 0. The second-order valence-corrected chi connectivity index (χ2v) is 14.0. The fourth-order valence-electron chi connectivity index (χ4n) is 6.28. The third kappa shape index (κ3) is 6.66. The van der Waals surface area contributed by atoms with Crippen molar-refractivity contribution >= 4 is 68.9 Å². The molecule has 11 heteroatoms. The summed E-state index contributed by atoms with van der Waals surface area (Å²) in [5, 5.41) is 11.4. The molecule has 7 aromatic rings. The highest BCUT2D eigenvalue weighted by molar-refractivity contribution is 7.13. The third-order valence-electron chi connectivity index (χ3n) is 8.79. The lowest BCUT2D eigenvalue weighted by Crippen LogP contribution is -2.31. The van der Waals surface area contributed by atoms with Gasteiger partial charge in [0.15, 0.2) is 5.84 Å². The van der Waals surface area contributed by atoms with Crippen LogP contribution in [0, 0.1) is 13.8 Å². The van der Waals surface area contributed by atoms with Gasteiger partial charge < -0.3 is 15.6 Å². The fraction of sp³-hybridized carbons (Fsp3) is 0.0476. The van der Waals surface area contributed by atoms with Crippen LogP contribution >= 0.6 is 22.7 Å². The van der Waals surface area contributed by atoms with Crippen LogP contribution in [0.1, 0.15) is 42.4 Å². The molecule has 0 saturated carbocycles. The number of nitrogens with zero attached hydrogens (tertiary/aromatic N) is 4. The first-order chi connectivity index (χ1) is 26.0. The molecule has 258 valence electrons. The Labute approximate surface area is 313 Å². The molecule has 1 aliphatic heterocycles. The number of hydrogen-bond donors (Lipinski definition) is 3. The van der Waals surface area contributed by atoms with Crippen LogP contribution in [0.25, 0.3) is 32.8 Å². The lowest BCUT2D eigenvalue weighted by molar-refractivity contribution is 0.0975. The van der Waals surface area contributed by atoms with Crippen molar-refractivity contribution in [3.05, 3.63) is 165 Å². The molecule has 4 aromatic carbocycles. The van der Waals surface area contributed by atoms with Gasteiger partial charge in [0, 0.05) is 45.4 Å². The molecule has 0 saturated heterocycles. The summed E-state index contributed by atoms with van der Waals surface area (Å²) in [4.78, 5) is 50.7. The van der Waals surface area contributed by atoms with Crippen molar-refractivity contribution in [3.63, 3.8) is 0 Å². The Hall–Kier alpha value is -6.56. The maximum absolute atomic E-state index is 13.8. The normalized spacial score (nSPS) is 13.3. The van der Waals surface area contributed by atoms with Crippen LogP contribution < -0.4 is 10.6 Å². The molecule has 0 aliphatic carbocycles. The van der Waals surface area contributed by atoms with Crippen molar-refractivity contribution < 1.29 is 9.59 Å². The fourth-order valence-corrected chi connectivity index (χ4v) is 7.66. The maximum atomic E-state index is 13.8. The Bertz CT molecular complexity index is 2550. The molecule has 2 amide bonds. The molecule has 0 fully saturated rings. The van der Waals surface area contributed by atoms with Crippen molar-refractivity contribution in [2.45, 2.75) is 13.8 Å². The van der Waals surface area contributed by atoms with E-state index < -0.39 is 0 Å². The summed E-state index contributed by atoms with van der Waals surface area (Å²) in [5.41, 5.74) is 7.31. The third-order valence-corrected chi connectivity index (χ3v) is 10.4. The van der Waals surface area contributed by atoms with E-state index in [0.29, 0.717) is 61.2 Å². The van der Waals surface area contributed by atoms with E-state index in [1.165, 1.54) is 22.7 Å². The minimum absolute atomic E-state index is 0.267. The summed E-state index contributed by atoms with van der Waals surface area (Å²) in [6, 6.07) is 34.6. The highest BCUT2D eigenvalue weighted by Gasteiger charge is 2.32. The molecule has 8 rings (SSSR count). The number of amides is 2. The first kappa shape index (κ1) is 33.6. The number of nitrogens with one attached hydrogen (secondary N) is 3. The Balaban J connectivity index is 1.36. The molecule has 1 aliphatic rings. The number of benzene rings is 4. The highest BCUT2D eigenvalue weighted by Crippen LogP contribution is 2.46. The number of aliphatic imine (C=N–C) groups is 2. The van der Waals surface area contributed by atoms with Gasteiger partial charge in [0.1, 0.15) is 27.5 Å². The van der Waals surface area contributed by atoms with Gasteiger partial charge in [-0.1, -0.05) is 97.1 Å². The van der Waals surface area contributed by atoms with Crippen LogP contribution in [0.15, 0.2) is 142 Å². The Morgan fingerprint density at radius 1 is 0.623 bits per heavy atom. The quantitative estimate of drug-likeness (QED) is 0.144. The van der Waals surface area contributed by atoms with Gasteiger partial charge in [0.25, 0.3) is 11.8 Å². The van der Waals surface area contributed by atoms with Crippen molar-refractivity contribution in [1.82, 2.24) is 20.3 Å². The zero-order valence-corrected chi connectivity index (χ0v) is 30.3. The molecule has 53 heavy (non-hydrogen) atoms. The Morgan fingerprint density at radius 3 is 1.75 bits per heavy atom. The SMILES string of the molecule is Cc1ccccc1C(=O)NC1=NC(=Nc2[nH]c(NC(=O)c3ccccc3C)c(-c3nccs3)c2-c2ccccc2)C(c2ccccc2)=C1c1nccs1. The number of rotatable bonds is 8. The predicted octanol–water partition coefficient (Wildman–Crippen LogP) is 9.61. The summed E-state index contributed by atoms with van der Waals surface area (Å²) >= 11 is 2.91. The van der Waals surface area contributed by atoms with Gasteiger partial charge in [-0.05, 0) is 48.2 Å². The number of aromatic nitrogens is 3. The maximum Gasteiger partial charge on any atom is 0.257 e. The van der Waals surface area contributed by atoms with E-state index in [0.717, 1.165) is 27.8 Å². The second-order valence-electron chi connectivity index (χ2n) is 12.2. The van der Waals surface area contributed by atoms with E-state index in [-0.39, 0.29) is 11.8 Å². The van der Waals surface area contributed by atoms with Crippen LogP contribution in [-0.4, -0.2) is 38.4 Å². The van der Waals surface area contributed by atoms with Crippen LogP contribution in [-0.2, 0) is 0 Å². The molecule has 3 N–H and O–H groups in total. The lowest BCUT2D eigenvalue weighted by atomic mass is 10.00. The monoisotopic (exact) mass is 729 g/mol. The average Bonchev–Trinajstić information content (AvgIpc) is 4.00. The van der Waals surface area contributed by atoms with Gasteiger partial charge in [0.2, 0.25) is 0 Å². The molecule has 0 atom stereocenters. The van der Waals surface area contributed by atoms with Crippen LogP contribution in [0.2, 0.25) is 0 Å². The average molecular weight is 730 g/mol. The largest absolute Gasteiger partial charge is 0.325 e. The van der Waals surface area contributed by atoms with E-state index in [4.69, 9.17) is 9.98 Å². The smallest absolute Gasteiger partial charge is 0.257 e. The molecule has 0 spiro atoms. The van der Waals surface area contributed by atoms with Gasteiger partial charge in [0.05, 0.1) is 11.1 Å². The molecular weight excluding hydrogens is 699 g/mol. The zero-order chi connectivity index (χ0) is 36.3. The topological polar surface area (TPSA) is 124 Å². The van der Waals surface area contributed by atoms with Gasteiger partial charge in [-0.15, -0.1) is 22.7 Å². The number of hydrogen-bond acceptors (Lipinski definition) is 7. The number of aromatic amines is 1. The standard InChI is InChI=1S/C42H31N7O2S2/c1-25-13-9-11-19-29(25)39(50)48-37-33(41-43-21-23-52-41)31(27-15-5-3-6-16-27)35(46-37)45-36-32(28-17-7-4-8-18-28)34(42-44-22-24-53-42)38(47-36)49-40(51)30-20-12-10-14-26(30)2/h3-24,46H,1-2H3,(H,48,50)(H,45,47,49,51). The van der Waals surface area contributed by atoms with E-state index in [2.05, 4.69) is 25.6 Å². The van der Waals surface area contributed by atoms with Crippen LogP contribution in [0.4, 0.5) is 11.6 Å². The van der Waals surface area contributed by atoms with Gasteiger partial charge in [-0.3, -0.25) is 9.59 Å². The summed E-state index contributed by atoms with van der Waals surface area (Å²) in [6.07, 6.45) is 3.47. The Kier molecular flexibility index (Phi) is 9.24. The number of H-pyrrole nitrogens is 1. The molecule has 0 bridgehead atoms. The number of anilines is 1. The van der Waals surface area contributed by atoms with E-state index in [1.54, 1.807) is 24.5 Å². The molecule has 4 heterocycles. The van der Waals surface area contributed by atoms with Crippen LogP contribution in [0.3, 0.4) is 0 Å². The summed E-state index contributed by atoms with van der Waals surface area (Å²) in [5.74, 6) is 1.05. The Morgan fingerprint density at radius 2 is 1.17 bits per heavy atom. The first-order valence-electron chi connectivity index (χ1n) is 16.8. The predicted molar refractivity (Wildman–Crippen MR) is 215 cm³/mol. The highest BCUT2D eigenvalue weighted by atomic mass is 32.1.